The van der Waals surface area contributed by atoms with E-state index in [1.807, 2.05) is 36.4 Å². The zero-order chi connectivity index (χ0) is 25.2. The third kappa shape index (κ3) is 4.58. The minimum Gasteiger partial charge on any atom is -0.493 e. The number of nitrogens with one attached hydrogen (secondary N) is 1. The zero-order valence-corrected chi connectivity index (χ0v) is 21.8. The first kappa shape index (κ1) is 23.7. The lowest BCUT2D eigenvalue weighted by molar-refractivity contribution is 0.283. The molecule has 1 heterocycles. The van der Waals surface area contributed by atoms with Crippen LogP contribution in [0.1, 0.15) is 28.1 Å². The molecule has 0 aliphatic heterocycles. The molecule has 0 aliphatic rings. The minimum absolute atomic E-state index is 0.396. The lowest BCUT2D eigenvalue weighted by Crippen LogP contribution is -2.00. The van der Waals surface area contributed by atoms with Crippen molar-refractivity contribution in [2.24, 2.45) is 0 Å². The number of H-pyrrole nitrogens is 1. The number of allylic oxidation sites excluding steroid dienone is 1. The number of halogens is 1. The maximum Gasteiger partial charge on any atom is 0.175 e. The van der Waals surface area contributed by atoms with Gasteiger partial charge < -0.3 is 14.5 Å². The number of aromatic amines is 1. The summed E-state index contributed by atoms with van der Waals surface area (Å²) in [5.74, 6) is 1.71. The Kier molecular flexibility index (Phi) is 6.49. The van der Waals surface area contributed by atoms with Gasteiger partial charge in [0.1, 0.15) is 18.5 Å². The highest BCUT2D eigenvalue weighted by molar-refractivity contribution is 9.10. The number of nitrogens with zero attached hydrogens (tertiary/aromatic N) is 2. The molecule has 0 bridgehead atoms. The van der Waals surface area contributed by atoms with Crippen LogP contribution in [0.25, 0.3) is 33.5 Å². The Morgan fingerprint density at radius 1 is 1.06 bits per heavy atom. The van der Waals surface area contributed by atoms with Gasteiger partial charge in [-0.05, 0) is 93.1 Å². The molecule has 5 aromatic rings. The smallest absolute Gasteiger partial charge is 0.175 e. The zero-order valence-electron chi connectivity index (χ0n) is 20.2. The number of aryl methyl sites for hydroxylation is 2. The van der Waals surface area contributed by atoms with Crippen molar-refractivity contribution in [3.8, 4) is 17.6 Å². The first-order valence-electron chi connectivity index (χ1n) is 11.5. The predicted octanol–water partition coefficient (Wildman–Crippen LogP) is 7.75. The molecular formula is C30H24BrN3O2. The molecule has 0 radical (unpaired) electrons. The number of aromatic nitrogens is 2. The van der Waals surface area contributed by atoms with E-state index in [2.05, 4.69) is 76.1 Å². The number of hydrogen-bond acceptors (Lipinski definition) is 4. The average Bonchev–Trinajstić information content (AvgIpc) is 3.28. The Labute approximate surface area is 218 Å². The van der Waals surface area contributed by atoms with Gasteiger partial charge >= 0.3 is 0 Å². The fourth-order valence-corrected chi connectivity index (χ4v) is 4.82. The van der Waals surface area contributed by atoms with Crippen LogP contribution in [0, 0.1) is 25.2 Å². The van der Waals surface area contributed by atoms with Crippen LogP contribution in [0.4, 0.5) is 0 Å². The molecule has 0 atom stereocenters. The first-order chi connectivity index (χ1) is 17.5. The van der Waals surface area contributed by atoms with Crippen LogP contribution in [0.5, 0.6) is 11.5 Å². The Morgan fingerprint density at radius 2 is 1.83 bits per heavy atom. The number of benzene rings is 4. The van der Waals surface area contributed by atoms with E-state index in [0.29, 0.717) is 29.5 Å². The molecule has 0 saturated heterocycles. The van der Waals surface area contributed by atoms with Crippen molar-refractivity contribution >= 4 is 49.4 Å². The van der Waals surface area contributed by atoms with Gasteiger partial charge in [-0.3, -0.25) is 0 Å². The summed E-state index contributed by atoms with van der Waals surface area (Å²) in [5, 5.41) is 12.2. The van der Waals surface area contributed by atoms with Gasteiger partial charge in [-0.25, -0.2) is 4.98 Å². The average molecular weight is 538 g/mol. The third-order valence-electron chi connectivity index (χ3n) is 6.29. The van der Waals surface area contributed by atoms with Crippen molar-refractivity contribution in [1.29, 1.82) is 5.26 Å². The summed E-state index contributed by atoms with van der Waals surface area (Å²) >= 11 is 3.63. The van der Waals surface area contributed by atoms with Gasteiger partial charge in [-0.15, -0.1) is 0 Å². The maximum absolute atomic E-state index is 9.88. The predicted molar refractivity (Wildman–Crippen MR) is 148 cm³/mol. The highest BCUT2D eigenvalue weighted by atomic mass is 79.9. The normalized spacial score (nSPS) is 11.6. The van der Waals surface area contributed by atoms with E-state index >= 15 is 0 Å². The van der Waals surface area contributed by atoms with Gasteiger partial charge in [0.2, 0.25) is 0 Å². The first-order valence-corrected chi connectivity index (χ1v) is 12.3. The number of hydrogen-bond donors (Lipinski definition) is 1. The van der Waals surface area contributed by atoms with Crippen molar-refractivity contribution in [2.45, 2.75) is 20.5 Å². The molecule has 178 valence electrons. The second kappa shape index (κ2) is 9.88. The summed E-state index contributed by atoms with van der Waals surface area (Å²) in [5.41, 5.74) is 6.40. The third-order valence-corrected chi connectivity index (χ3v) is 6.88. The van der Waals surface area contributed by atoms with Crippen LogP contribution >= 0.6 is 15.9 Å². The molecule has 4 aromatic carbocycles. The summed E-state index contributed by atoms with van der Waals surface area (Å²) in [6.45, 7) is 4.51. The van der Waals surface area contributed by atoms with E-state index in [9.17, 15) is 5.26 Å². The van der Waals surface area contributed by atoms with Crippen LogP contribution in [-0.4, -0.2) is 17.1 Å². The van der Waals surface area contributed by atoms with E-state index in [0.717, 1.165) is 37.6 Å². The number of rotatable bonds is 6. The molecule has 0 aliphatic carbocycles. The van der Waals surface area contributed by atoms with E-state index in [-0.39, 0.29) is 0 Å². The molecule has 1 N–H and O–H groups in total. The molecule has 0 spiro atoms. The van der Waals surface area contributed by atoms with E-state index in [1.54, 1.807) is 13.2 Å². The molecule has 5 rings (SSSR count). The topological polar surface area (TPSA) is 70.9 Å². The maximum atomic E-state index is 9.88. The molecule has 6 heteroatoms. The van der Waals surface area contributed by atoms with Crippen molar-refractivity contribution in [2.75, 3.05) is 7.11 Å². The second-order valence-electron chi connectivity index (χ2n) is 8.67. The standard InChI is InChI=1S/C30H24BrN3O2/c1-18-11-26-27(12-19(18)2)34-30(33-26)23(16-32)13-20-14-25(31)29(28(15-20)35-3)36-17-22-9-6-8-21-7-4-5-10-24(21)22/h4-15H,17H2,1-3H3,(H,33,34)/b23-13+. The van der Waals surface area contributed by atoms with Gasteiger partial charge in [0.05, 0.1) is 28.2 Å². The summed E-state index contributed by atoms with van der Waals surface area (Å²) in [6.07, 6.45) is 1.79. The fraction of sp³-hybridized carbons (Fsp3) is 0.133. The van der Waals surface area contributed by atoms with E-state index < -0.39 is 0 Å². The molecule has 0 fully saturated rings. The van der Waals surface area contributed by atoms with Crippen LogP contribution in [0.3, 0.4) is 0 Å². The largest absolute Gasteiger partial charge is 0.493 e. The SMILES string of the molecule is COc1cc(/C=C(\C#N)c2nc3cc(C)c(C)cc3[nH]2)cc(Br)c1OCc1cccc2ccccc12. The van der Waals surface area contributed by atoms with Crippen LogP contribution < -0.4 is 9.47 Å². The minimum atomic E-state index is 0.396. The van der Waals surface area contributed by atoms with Crippen LogP contribution in [0.15, 0.2) is 71.2 Å². The van der Waals surface area contributed by atoms with E-state index in [1.165, 1.54) is 10.9 Å². The monoisotopic (exact) mass is 537 g/mol. The molecule has 0 saturated carbocycles. The number of fused-ring (bicyclic) bond motifs is 2. The van der Waals surface area contributed by atoms with Gasteiger partial charge in [0.15, 0.2) is 11.5 Å². The van der Waals surface area contributed by atoms with Crippen molar-refractivity contribution in [3.63, 3.8) is 0 Å². The Balaban J connectivity index is 1.46. The lowest BCUT2D eigenvalue weighted by Gasteiger charge is -2.15. The molecule has 0 amide bonds. The summed E-state index contributed by atoms with van der Waals surface area (Å²) < 4.78 is 12.6. The number of nitriles is 1. The lowest BCUT2D eigenvalue weighted by atomic mass is 10.1. The molecule has 0 unspecified atom stereocenters. The quantitative estimate of drug-likeness (QED) is 0.225. The Hall–Kier alpha value is -4.08. The van der Waals surface area contributed by atoms with Gasteiger partial charge in [-0.1, -0.05) is 42.5 Å². The van der Waals surface area contributed by atoms with Crippen molar-refractivity contribution < 1.29 is 9.47 Å². The van der Waals surface area contributed by atoms with Crippen molar-refractivity contribution in [3.05, 3.63) is 99.3 Å². The molecule has 36 heavy (non-hydrogen) atoms. The van der Waals surface area contributed by atoms with Crippen LogP contribution in [-0.2, 0) is 6.61 Å². The van der Waals surface area contributed by atoms with Gasteiger partial charge in [0, 0.05) is 0 Å². The molecule has 5 nitrogen and oxygen atoms in total. The number of imidazole rings is 1. The van der Waals surface area contributed by atoms with Crippen LogP contribution in [0.2, 0.25) is 0 Å². The number of ether oxygens (including phenoxy) is 2. The highest BCUT2D eigenvalue weighted by Crippen LogP contribution is 2.38. The van der Waals surface area contributed by atoms with Crippen molar-refractivity contribution in [1.82, 2.24) is 9.97 Å². The fourth-order valence-electron chi connectivity index (χ4n) is 4.25. The Bertz CT molecular complexity index is 1630. The summed E-state index contributed by atoms with van der Waals surface area (Å²) in [4.78, 5) is 7.91. The highest BCUT2D eigenvalue weighted by Gasteiger charge is 2.14. The number of methoxy groups -OCH3 is 1. The van der Waals surface area contributed by atoms with Gasteiger partial charge in [0.25, 0.3) is 0 Å². The molecular weight excluding hydrogens is 514 g/mol. The summed E-state index contributed by atoms with van der Waals surface area (Å²) in [6, 6.07) is 24.6. The van der Waals surface area contributed by atoms with E-state index in [4.69, 9.17) is 9.47 Å². The molecule has 1 aromatic heterocycles. The Morgan fingerprint density at radius 3 is 2.64 bits per heavy atom. The second-order valence-corrected chi connectivity index (χ2v) is 9.52. The van der Waals surface area contributed by atoms with Gasteiger partial charge in [-0.2, -0.15) is 5.26 Å². The summed E-state index contributed by atoms with van der Waals surface area (Å²) in [7, 11) is 1.61.